The van der Waals surface area contributed by atoms with Crippen LogP contribution in [-0.4, -0.2) is 18.0 Å². The third-order valence-corrected chi connectivity index (χ3v) is 4.78. The smallest absolute Gasteiger partial charge is 0.123 e. The molecule has 0 aliphatic carbocycles. The lowest BCUT2D eigenvalue weighted by Crippen LogP contribution is -2.37. The molecule has 1 aliphatic heterocycles. The number of thiophene rings is 1. The molecule has 2 heterocycles. The van der Waals surface area contributed by atoms with E-state index in [4.69, 9.17) is 5.73 Å². The van der Waals surface area contributed by atoms with Crippen molar-refractivity contribution in [3.05, 3.63) is 57.5 Å². The lowest BCUT2D eigenvalue weighted by Gasteiger charge is -2.34. The van der Waals surface area contributed by atoms with Gasteiger partial charge in [-0.25, -0.2) is 4.39 Å². The molecule has 1 aromatic carbocycles. The molecule has 0 saturated heterocycles. The fourth-order valence-electron chi connectivity index (χ4n) is 2.72. The second kappa shape index (κ2) is 5.41. The maximum Gasteiger partial charge on any atom is 0.123 e. The quantitative estimate of drug-likeness (QED) is 0.934. The Morgan fingerprint density at radius 3 is 2.79 bits per heavy atom. The summed E-state index contributed by atoms with van der Waals surface area (Å²) in [5, 5.41) is 2.16. The highest BCUT2D eigenvalue weighted by Gasteiger charge is 2.24. The number of fused-ring (bicyclic) bond motifs is 1. The molecule has 4 heteroatoms. The molecule has 1 unspecified atom stereocenters. The summed E-state index contributed by atoms with van der Waals surface area (Å²) < 4.78 is 13.0. The number of hydrogen-bond acceptors (Lipinski definition) is 3. The van der Waals surface area contributed by atoms with Crippen LogP contribution in [0.5, 0.6) is 0 Å². The first-order chi connectivity index (χ1) is 9.28. The number of halogens is 1. The first kappa shape index (κ1) is 12.8. The summed E-state index contributed by atoms with van der Waals surface area (Å²) in [5.41, 5.74) is 8.45. The highest BCUT2D eigenvalue weighted by molar-refractivity contribution is 7.10. The second-order valence-corrected chi connectivity index (χ2v) is 5.89. The van der Waals surface area contributed by atoms with Crippen LogP contribution in [0.3, 0.4) is 0 Å². The van der Waals surface area contributed by atoms with Crippen LogP contribution in [0.1, 0.15) is 22.0 Å². The average Bonchev–Trinajstić information content (AvgIpc) is 2.89. The van der Waals surface area contributed by atoms with Crippen LogP contribution >= 0.6 is 11.3 Å². The van der Waals surface area contributed by atoms with Crippen LogP contribution in [-0.2, 0) is 13.0 Å². The highest BCUT2D eigenvalue weighted by Crippen LogP contribution is 2.29. The van der Waals surface area contributed by atoms with Gasteiger partial charge < -0.3 is 5.73 Å². The average molecular weight is 276 g/mol. The van der Waals surface area contributed by atoms with E-state index in [1.54, 1.807) is 0 Å². The van der Waals surface area contributed by atoms with Gasteiger partial charge in [-0.15, -0.1) is 11.3 Å². The normalized spacial score (nSPS) is 17.2. The van der Waals surface area contributed by atoms with E-state index >= 15 is 0 Å². The third-order valence-electron chi connectivity index (χ3n) is 3.76. The Morgan fingerprint density at radius 1 is 1.26 bits per heavy atom. The first-order valence-electron chi connectivity index (χ1n) is 6.53. The summed E-state index contributed by atoms with van der Waals surface area (Å²) in [5.74, 6) is -0.196. The predicted octanol–water partition coefficient (Wildman–Crippen LogP) is 2.95. The Hall–Kier alpha value is -1.23. The Labute approximate surface area is 116 Å². The van der Waals surface area contributed by atoms with E-state index in [1.807, 2.05) is 23.5 Å². The molecular formula is C15H17FN2S. The van der Waals surface area contributed by atoms with Gasteiger partial charge >= 0.3 is 0 Å². The molecule has 1 aliphatic rings. The van der Waals surface area contributed by atoms with E-state index in [0.717, 1.165) is 25.1 Å². The monoisotopic (exact) mass is 276 g/mol. The van der Waals surface area contributed by atoms with Crippen LogP contribution in [0, 0.1) is 5.82 Å². The minimum absolute atomic E-state index is 0.175. The maximum atomic E-state index is 13.0. The fraction of sp³-hybridized carbons (Fsp3) is 0.333. The number of hydrogen-bond donors (Lipinski definition) is 1. The van der Waals surface area contributed by atoms with Crippen molar-refractivity contribution < 1.29 is 4.39 Å². The van der Waals surface area contributed by atoms with Crippen molar-refractivity contribution in [3.63, 3.8) is 0 Å². The third kappa shape index (κ3) is 2.56. The molecular weight excluding hydrogens is 259 g/mol. The first-order valence-corrected chi connectivity index (χ1v) is 7.40. The van der Waals surface area contributed by atoms with Gasteiger partial charge in [0.2, 0.25) is 0 Å². The van der Waals surface area contributed by atoms with Gasteiger partial charge in [0.25, 0.3) is 0 Å². The van der Waals surface area contributed by atoms with Gasteiger partial charge in [-0.05, 0) is 41.1 Å². The van der Waals surface area contributed by atoms with Crippen molar-refractivity contribution in [2.45, 2.75) is 19.0 Å². The molecule has 1 atom stereocenters. The predicted molar refractivity (Wildman–Crippen MR) is 76.6 cm³/mol. The Kier molecular flexibility index (Phi) is 3.64. The molecule has 1 aromatic heterocycles. The van der Waals surface area contributed by atoms with Gasteiger partial charge in [-0.3, -0.25) is 4.90 Å². The topological polar surface area (TPSA) is 29.3 Å². The maximum absolute atomic E-state index is 13.0. The van der Waals surface area contributed by atoms with Crippen molar-refractivity contribution in [2.24, 2.45) is 5.73 Å². The minimum atomic E-state index is -0.196. The van der Waals surface area contributed by atoms with E-state index in [2.05, 4.69) is 16.3 Å². The highest BCUT2D eigenvalue weighted by atomic mass is 32.1. The van der Waals surface area contributed by atoms with E-state index in [0.29, 0.717) is 6.54 Å². The van der Waals surface area contributed by atoms with E-state index in [-0.39, 0.29) is 11.9 Å². The van der Waals surface area contributed by atoms with Crippen LogP contribution in [0.2, 0.25) is 0 Å². The summed E-state index contributed by atoms with van der Waals surface area (Å²) in [6.07, 6.45) is 1.09. The molecule has 0 amide bonds. The molecule has 2 aromatic rings. The number of nitrogens with two attached hydrogens (primary N) is 1. The second-order valence-electron chi connectivity index (χ2n) is 4.89. The minimum Gasteiger partial charge on any atom is -0.329 e. The summed E-state index contributed by atoms with van der Waals surface area (Å²) >= 11 is 1.84. The van der Waals surface area contributed by atoms with Crippen molar-refractivity contribution in [2.75, 3.05) is 13.1 Å². The van der Waals surface area contributed by atoms with Crippen LogP contribution in [0.15, 0.2) is 35.7 Å². The van der Waals surface area contributed by atoms with Gasteiger partial charge in [0.05, 0.1) is 0 Å². The molecule has 2 nitrogen and oxygen atoms in total. The Balaban J connectivity index is 1.82. The standard InChI is InChI=1S/C15H17FN2S/c16-13-3-1-11(2-4-13)14(9-17)18-7-5-15-12(10-18)6-8-19-15/h1-4,6,8,14H,5,7,9-10,17H2. The number of rotatable bonds is 3. The summed E-state index contributed by atoms with van der Waals surface area (Å²) in [7, 11) is 0. The number of benzene rings is 1. The summed E-state index contributed by atoms with van der Waals surface area (Å²) in [6, 6.07) is 9.08. The molecule has 100 valence electrons. The van der Waals surface area contributed by atoms with Gasteiger partial charge in [-0.2, -0.15) is 0 Å². The van der Waals surface area contributed by atoms with Gasteiger partial charge in [0, 0.05) is 30.6 Å². The zero-order chi connectivity index (χ0) is 13.2. The van der Waals surface area contributed by atoms with Crippen LogP contribution < -0.4 is 5.73 Å². The molecule has 2 N–H and O–H groups in total. The molecule has 0 spiro atoms. The molecule has 19 heavy (non-hydrogen) atoms. The van der Waals surface area contributed by atoms with Gasteiger partial charge in [0.15, 0.2) is 0 Å². The lowest BCUT2D eigenvalue weighted by atomic mass is 10.0. The van der Waals surface area contributed by atoms with E-state index in [9.17, 15) is 4.39 Å². The van der Waals surface area contributed by atoms with Gasteiger partial charge in [-0.1, -0.05) is 12.1 Å². The van der Waals surface area contributed by atoms with Crippen molar-refractivity contribution >= 4 is 11.3 Å². The van der Waals surface area contributed by atoms with Gasteiger partial charge in [0.1, 0.15) is 5.82 Å². The summed E-state index contributed by atoms with van der Waals surface area (Å²) in [6.45, 7) is 2.52. The molecule has 0 radical (unpaired) electrons. The molecule has 0 saturated carbocycles. The van der Waals surface area contributed by atoms with Crippen molar-refractivity contribution in [3.8, 4) is 0 Å². The molecule has 3 rings (SSSR count). The Bertz CT molecular complexity index is 550. The van der Waals surface area contributed by atoms with E-state index < -0.39 is 0 Å². The Morgan fingerprint density at radius 2 is 2.05 bits per heavy atom. The largest absolute Gasteiger partial charge is 0.329 e. The lowest BCUT2D eigenvalue weighted by molar-refractivity contribution is 0.185. The van der Waals surface area contributed by atoms with E-state index in [1.165, 1.54) is 22.6 Å². The zero-order valence-electron chi connectivity index (χ0n) is 10.7. The van der Waals surface area contributed by atoms with Crippen LogP contribution in [0.4, 0.5) is 4.39 Å². The van der Waals surface area contributed by atoms with Crippen LogP contribution in [0.25, 0.3) is 0 Å². The van der Waals surface area contributed by atoms with Crippen molar-refractivity contribution in [1.29, 1.82) is 0 Å². The summed E-state index contributed by atoms with van der Waals surface area (Å²) in [4.78, 5) is 3.88. The molecule has 0 bridgehead atoms. The molecule has 0 fully saturated rings. The fourth-order valence-corrected chi connectivity index (χ4v) is 3.61. The van der Waals surface area contributed by atoms with Crippen molar-refractivity contribution in [1.82, 2.24) is 4.90 Å². The number of nitrogens with zero attached hydrogens (tertiary/aromatic N) is 1. The SMILES string of the molecule is NCC(c1ccc(F)cc1)N1CCc2sccc2C1. The zero-order valence-corrected chi connectivity index (χ0v) is 11.5.